The molecule has 104 valence electrons. The summed E-state index contributed by atoms with van der Waals surface area (Å²) < 4.78 is 1.60. The number of aryl methyl sites for hydroxylation is 1. The summed E-state index contributed by atoms with van der Waals surface area (Å²) >= 11 is 1.89. The van der Waals surface area contributed by atoms with Crippen LogP contribution in [0, 0.1) is 0 Å². The van der Waals surface area contributed by atoms with Gasteiger partial charge in [0.2, 0.25) is 0 Å². The first-order valence-corrected chi connectivity index (χ1v) is 7.61. The summed E-state index contributed by atoms with van der Waals surface area (Å²) in [6, 6.07) is 7.48. The van der Waals surface area contributed by atoms with Crippen molar-refractivity contribution in [2.75, 3.05) is 24.6 Å². The van der Waals surface area contributed by atoms with E-state index in [1.165, 1.54) is 0 Å². The third kappa shape index (κ3) is 2.53. The highest BCUT2D eigenvalue weighted by molar-refractivity contribution is 7.99. The van der Waals surface area contributed by atoms with E-state index < -0.39 is 0 Å². The second-order valence-electron chi connectivity index (χ2n) is 4.61. The number of thioether (sulfide) groups is 1. The molecule has 2 heterocycles. The first kappa shape index (κ1) is 13.1. The molecule has 0 saturated carbocycles. The molecular weight excluding hydrogens is 274 g/mol. The molecule has 0 spiro atoms. The van der Waals surface area contributed by atoms with E-state index >= 15 is 0 Å². The van der Waals surface area contributed by atoms with Gasteiger partial charge in [0.1, 0.15) is 0 Å². The molecule has 1 aliphatic heterocycles. The topological polar surface area (TPSA) is 63.9 Å². The minimum Gasteiger partial charge on any atom is -0.337 e. The number of carbonyl (C=O) groups is 1. The molecule has 20 heavy (non-hydrogen) atoms. The van der Waals surface area contributed by atoms with Gasteiger partial charge < -0.3 is 4.90 Å². The van der Waals surface area contributed by atoms with Gasteiger partial charge in [-0.05, 0) is 22.6 Å². The Morgan fingerprint density at radius 2 is 2.10 bits per heavy atom. The van der Waals surface area contributed by atoms with Gasteiger partial charge in [-0.15, -0.1) is 5.10 Å². The Labute approximate surface area is 121 Å². The fourth-order valence-corrected chi connectivity index (χ4v) is 3.12. The van der Waals surface area contributed by atoms with E-state index in [-0.39, 0.29) is 5.91 Å². The Kier molecular flexibility index (Phi) is 3.68. The predicted octanol–water partition coefficient (Wildman–Crippen LogP) is 1.07. The molecular formula is C13H15N5OS. The molecule has 1 aromatic carbocycles. The number of tetrazole rings is 1. The van der Waals surface area contributed by atoms with Crippen molar-refractivity contribution < 1.29 is 4.79 Å². The predicted molar refractivity (Wildman–Crippen MR) is 77.5 cm³/mol. The molecule has 1 aliphatic rings. The van der Waals surface area contributed by atoms with E-state index in [4.69, 9.17) is 0 Å². The minimum atomic E-state index is 0.0854. The summed E-state index contributed by atoms with van der Waals surface area (Å²) in [5.41, 5.74) is 1.55. The Bertz CT molecular complexity index is 621. The van der Waals surface area contributed by atoms with Crippen LogP contribution in [-0.2, 0) is 7.05 Å². The number of aromatic nitrogens is 4. The van der Waals surface area contributed by atoms with E-state index in [1.807, 2.05) is 40.9 Å². The Morgan fingerprint density at radius 1 is 1.30 bits per heavy atom. The molecule has 0 atom stereocenters. The Balaban J connectivity index is 1.87. The van der Waals surface area contributed by atoms with Crippen LogP contribution in [0.4, 0.5) is 0 Å². The van der Waals surface area contributed by atoms with Gasteiger partial charge in [-0.3, -0.25) is 4.79 Å². The van der Waals surface area contributed by atoms with Crippen molar-refractivity contribution in [3.63, 3.8) is 0 Å². The van der Waals surface area contributed by atoms with Crippen LogP contribution in [-0.4, -0.2) is 55.6 Å². The summed E-state index contributed by atoms with van der Waals surface area (Å²) in [7, 11) is 1.78. The summed E-state index contributed by atoms with van der Waals surface area (Å²) in [4.78, 5) is 14.4. The zero-order chi connectivity index (χ0) is 13.9. The molecule has 0 aliphatic carbocycles. The third-order valence-corrected chi connectivity index (χ3v) is 4.23. The smallest absolute Gasteiger partial charge is 0.253 e. The zero-order valence-electron chi connectivity index (χ0n) is 11.2. The van der Waals surface area contributed by atoms with Crippen molar-refractivity contribution in [1.29, 1.82) is 0 Å². The molecule has 7 heteroatoms. The lowest BCUT2D eigenvalue weighted by Gasteiger charge is -2.26. The summed E-state index contributed by atoms with van der Waals surface area (Å²) in [5.74, 6) is 2.77. The lowest BCUT2D eigenvalue weighted by atomic mass is 10.1. The number of nitrogens with zero attached hydrogens (tertiary/aromatic N) is 5. The molecule has 1 fully saturated rings. The van der Waals surface area contributed by atoms with E-state index in [9.17, 15) is 4.79 Å². The van der Waals surface area contributed by atoms with Crippen molar-refractivity contribution in [3.05, 3.63) is 29.8 Å². The van der Waals surface area contributed by atoms with Gasteiger partial charge >= 0.3 is 0 Å². The van der Waals surface area contributed by atoms with Gasteiger partial charge in [0.25, 0.3) is 5.91 Å². The van der Waals surface area contributed by atoms with Gasteiger partial charge in [-0.25, -0.2) is 4.68 Å². The maximum atomic E-state index is 12.5. The second-order valence-corrected chi connectivity index (χ2v) is 5.84. The quantitative estimate of drug-likeness (QED) is 0.827. The normalized spacial score (nSPS) is 15.3. The molecule has 0 unspecified atom stereocenters. The van der Waals surface area contributed by atoms with Crippen LogP contribution in [0.25, 0.3) is 11.4 Å². The van der Waals surface area contributed by atoms with Crippen LogP contribution in [0.2, 0.25) is 0 Å². The lowest BCUT2D eigenvalue weighted by Crippen LogP contribution is -2.37. The van der Waals surface area contributed by atoms with E-state index in [0.29, 0.717) is 11.4 Å². The number of rotatable bonds is 2. The number of hydrogen-bond acceptors (Lipinski definition) is 5. The molecule has 0 bridgehead atoms. The average molecular weight is 289 g/mol. The van der Waals surface area contributed by atoms with Crippen molar-refractivity contribution in [1.82, 2.24) is 25.1 Å². The number of benzene rings is 1. The highest BCUT2D eigenvalue weighted by atomic mass is 32.2. The van der Waals surface area contributed by atoms with Crippen molar-refractivity contribution in [3.8, 4) is 11.4 Å². The molecule has 3 rings (SSSR count). The lowest BCUT2D eigenvalue weighted by molar-refractivity contribution is 0.0772. The first-order valence-electron chi connectivity index (χ1n) is 6.45. The van der Waals surface area contributed by atoms with Crippen molar-refractivity contribution in [2.45, 2.75) is 0 Å². The van der Waals surface area contributed by atoms with Crippen molar-refractivity contribution >= 4 is 17.7 Å². The maximum absolute atomic E-state index is 12.5. The molecule has 0 radical (unpaired) electrons. The van der Waals surface area contributed by atoms with E-state index in [1.54, 1.807) is 11.7 Å². The van der Waals surface area contributed by atoms with Crippen LogP contribution >= 0.6 is 11.8 Å². The van der Waals surface area contributed by atoms with Crippen LogP contribution in [0.3, 0.4) is 0 Å². The summed E-state index contributed by atoms with van der Waals surface area (Å²) in [6.45, 7) is 1.64. The number of carbonyl (C=O) groups excluding carboxylic acids is 1. The van der Waals surface area contributed by atoms with Gasteiger partial charge in [0.05, 0.1) is 0 Å². The van der Waals surface area contributed by atoms with Crippen LogP contribution < -0.4 is 0 Å². The molecule has 1 saturated heterocycles. The van der Waals surface area contributed by atoms with Gasteiger partial charge in [-0.1, -0.05) is 12.1 Å². The summed E-state index contributed by atoms with van der Waals surface area (Å²) in [6.07, 6.45) is 0. The van der Waals surface area contributed by atoms with Crippen LogP contribution in [0.15, 0.2) is 24.3 Å². The monoisotopic (exact) mass is 289 g/mol. The third-order valence-electron chi connectivity index (χ3n) is 3.29. The Morgan fingerprint density at radius 3 is 2.80 bits per heavy atom. The number of hydrogen-bond donors (Lipinski definition) is 0. The van der Waals surface area contributed by atoms with Crippen molar-refractivity contribution in [2.24, 2.45) is 7.05 Å². The second kappa shape index (κ2) is 5.62. The fraction of sp³-hybridized carbons (Fsp3) is 0.385. The SMILES string of the molecule is Cn1nnnc1-c1cccc(C(=O)N2CCSCC2)c1. The minimum absolute atomic E-state index is 0.0854. The molecule has 1 amide bonds. The van der Waals surface area contributed by atoms with Crippen LogP contribution in [0.5, 0.6) is 0 Å². The van der Waals surface area contributed by atoms with Gasteiger partial charge in [0.15, 0.2) is 5.82 Å². The fourth-order valence-electron chi connectivity index (χ4n) is 2.21. The maximum Gasteiger partial charge on any atom is 0.253 e. The average Bonchev–Trinajstić information content (AvgIpc) is 2.94. The molecule has 1 aromatic heterocycles. The number of amides is 1. The highest BCUT2D eigenvalue weighted by Gasteiger charge is 2.19. The largest absolute Gasteiger partial charge is 0.337 e. The molecule has 6 nitrogen and oxygen atoms in total. The van der Waals surface area contributed by atoms with E-state index in [2.05, 4.69) is 15.5 Å². The standard InChI is InChI=1S/C13H15N5OS/c1-17-12(14-15-16-17)10-3-2-4-11(9-10)13(19)18-5-7-20-8-6-18/h2-4,9H,5-8H2,1H3. The molecule has 2 aromatic rings. The summed E-state index contributed by atoms with van der Waals surface area (Å²) in [5, 5.41) is 11.4. The van der Waals surface area contributed by atoms with Gasteiger partial charge in [-0.2, -0.15) is 11.8 Å². The highest BCUT2D eigenvalue weighted by Crippen LogP contribution is 2.19. The van der Waals surface area contributed by atoms with Gasteiger partial charge in [0, 0.05) is 42.8 Å². The van der Waals surface area contributed by atoms with E-state index in [0.717, 1.165) is 30.2 Å². The zero-order valence-corrected chi connectivity index (χ0v) is 12.0. The first-order chi connectivity index (χ1) is 9.75. The Hall–Kier alpha value is -1.89. The molecule has 0 N–H and O–H groups in total. The van der Waals surface area contributed by atoms with Crippen LogP contribution in [0.1, 0.15) is 10.4 Å².